The summed E-state index contributed by atoms with van der Waals surface area (Å²) >= 11 is 0. The van der Waals surface area contributed by atoms with E-state index in [4.69, 9.17) is 9.84 Å². The van der Waals surface area contributed by atoms with Crippen LogP contribution in [0, 0.1) is 11.8 Å². The van der Waals surface area contributed by atoms with E-state index in [0.717, 1.165) is 25.7 Å². The van der Waals surface area contributed by atoms with Gasteiger partial charge in [-0.2, -0.15) is 0 Å². The van der Waals surface area contributed by atoms with Gasteiger partial charge in [0.1, 0.15) is 6.61 Å². The Bertz CT molecular complexity index is 1060. The van der Waals surface area contributed by atoms with E-state index >= 15 is 0 Å². The molecule has 2 aliphatic carbocycles. The minimum atomic E-state index is -0.797. The summed E-state index contributed by atoms with van der Waals surface area (Å²) in [5.41, 5.74) is 4.71. The summed E-state index contributed by atoms with van der Waals surface area (Å²) in [6, 6.07) is 16.2. The molecule has 2 atom stereocenters. The summed E-state index contributed by atoms with van der Waals surface area (Å²) in [6.07, 6.45) is 3.72. The van der Waals surface area contributed by atoms with E-state index in [0.29, 0.717) is 19.5 Å². The Balaban J connectivity index is 1.17. The monoisotopic (exact) mass is 476 g/mol. The minimum Gasteiger partial charge on any atom is -0.481 e. The van der Waals surface area contributed by atoms with Crippen molar-refractivity contribution in [2.45, 2.75) is 50.5 Å². The van der Waals surface area contributed by atoms with Crippen LogP contribution < -0.4 is 5.32 Å². The molecule has 2 N–H and O–H groups in total. The van der Waals surface area contributed by atoms with Crippen molar-refractivity contribution in [3.63, 3.8) is 0 Å². The lowest BCUT2D eigenvalue weighted by atomic mass is 9.82. The van der Waals surface area contributed by atoms with Gasteiger partial charge in [-0.15, -0.1) is 0 Å². The van der Waals surface area contributed by atoms with Crippen LogP contribution in [-0.2, 0) is 14.3 Å². The van der Waals surface area contributed by atoms with E-state index in [1.54, 1.807) is 0 Å². The van der Waals surface area contributed by atoms with Crippen LogP contribution >= 0.6 is 0 Å². The summed E-state index contributed by atoms with van der Waals surface area (Å²) in [5.74, 6) is -0.716. The second-order valence-electron chi connectivity index (χ2n) is 10.0. The number of nitrogens with one attached hydrogen (secondary N) is 1. The first-order chi connectivity index (χ1) is 17.0. The topological polar surface area (TPSA) is 95.9 Å². The summed E-state index contributed by atoms with van der Waals surface area (Å²) in [7, 11) is 0. The lowest BCUT2D eigenvalue weighted by Gasteiger charge is -2.43. The van der Waals surface area contributed by atoms with Gasteiger partial charge in [0.15, 0.2) is 0 Å². The number of rotatable bonds is 7. The van der Waals surface area contributed by atoms with Crippen molar-refractivity contribution in [1.82, 2.24) is 10.2 Å². The lowest BCUT2D eigenvalue weighted by Crippen LogP contribution is -2.56. The van der Waals surface area contributed by atoms with Gasteiger partial charge in [-0.3, -0.25) is 9.59 Å². The number of carboxylic acids is 1. The van der Waals surface area contributed by atoms with E-state index < -0.39 is 12.1 Å². The van der Waals surface area contributed by atoms with Crippen LogP contribution in [0.25, 0.3) is 11.1 Å². The average Bonchev–Trinajstić information content (AvgIpc) is 3.15. The number of carbonyl (C=O) groups is 3. The highest BCUT2D eigenvalue weighted by atomic mass is 16.5. The number of likely N-dealkylation sites (tertiary alicyclic amines) is 1. The Kier molecular flexibility index (Phi) is 6.75. The van der Waals surface area contributed by atoms with Gasteiger partial charge in [0, 0.05) is 31.5 Å². The lowest BCUT2D eigenvalue weighted by molar-refractivity contribution is -0.144. The zero-order chi connectivity index (χ0) is 24.4. The predicted octanol–water partition coefficient (Wildman–Crippen LogP) is 4.41. The van der Waals surface area contributed by atoms with Crippen molar-refractivity contribution in [3.05, 3.63) is 59.7 Å². The molecular formula is C28H32N2O5. The van der Waals surface area contributed by atoms with Crippen molar-refractivity contribution >= 4 is 18.0 Å². The Morgan fingerprint density at radius 2 is 1.57 bits per heavy atom. The van der Waals surface area contributed by atoms with Crippen LogP contribution in [0.4, 0.5) is 4.79 Å². The maximum atomic E-state index is 13.1. The molecule has 1 aliphatic heterocycles. The number of hydrogen-bond donors (Lipinski definition) is 2. The molecule has 0 aromatic heterocycles. The maximum absolute atomic E-state index is 13.1. The second kappa shape index (κ2) is 10.1. The first-order valence-electron chi connectivity index (χ1n) is 12.6. The molecule has 2 fully saturated rings. The molecule has 2 aromatic carbocycles. The Hall–Kier alpha value is -3.35. The molecule has 184 valence electrons. The molecule has 35 heavy (non-hydrogen) atoms. The van der Waals surface area contributed by atoms with Crippen LogP contribution in [0.2, 0.25) is 0 Å². The number of carboxylic acid groups (broad SMARTS) is 1. The summed E-state index contributed by atoms with van der Waals surface area (Å²) < 4.78 is 5.71. The number of alkyl carbamates (subject to hydrolysis) is 1. The number of ether oxygens (including phenoxy) is 1. The predicted molar refractivity (Wildman–Crippen MR) is 131 cm³/mol. The third-order valence-electron chi connectivity index (χ3n) is 7.77. The summed E-state index contributed by atoms with van der Waals surface area (Å²) in [4.78, 5) is 38.5. The molecule has 7 nitrogen and oxygen atoms in total. The molecule has 1 saturated heterocycles. The fourth-order valence-corrected chi connectivity index (χ4v) is 5.89. The van der Waals surface area contributed by atoms with E-state index in [1.165, 1.54) is 22.3 Å². The number of fused-ring (bicyclic) bond motifs is 3. The van der Waals surface area contributed by atoms with Crippen LogP contribution in [0.15, 0.2) is 48.5 Å². The van der Waals surface area contributed by atoms with Crippen LogP contribution in [0.1, 0.15) is 55.6 Å². The number of benzene rings is 2. The number of nitrogens with zero attached hydrogens (tertiary/aromatic N) is 1. The molecule has 2 amide bonds. The average molecular weight is 477 g/mol. The number of hydrogen-bond acceptors (Lipinski definition) is 4. The van der Waals surface area contributed by atoms with Crippen molar-refractivity contribution < 1.29 is 24.2 Å². The molecule has 3 aliphatic rings. The van der Waals surface area contributed by atoms with Gasteiger partial charge in [-0.05, 0) is 47.4 Å². The van der Waals surface area contributed by atoms with Gasteiger partial charge < -0.3 is 20.1 Å². The first kappa shape index (κ1) is 23.4. The quantitative estimate of drug-likeness (QED) is 0.617. The van der Waals surface area contributed by atoms with E-state index in [1.807, 2.05) is 29.2 Å². The second-order valence-corrected chi connectivity index (χ2v) is 10.0. The summed E-state index contributed by atoms with van der Waals surface area (Å²) in [6.45, 7) is 1.48. The van der Waals surface area contributed by atoms with Crippen LogP contribution in [0.5, 0.6) is 0 Å². The molecule has 0 spiro atoms. The zero-order valence-electron chi connectivity index (χ0n) is 19.8. The number of amides is 2. The molecule has 1 saturated carbocycles. The molecule has 0 radical (unpaired) electrons. The highest BCUT2D eigenvalue weighted by molar-refractivity contribution is 5.82. The van der Waals surface area contributed by atoms with Gasteiger partial charge in [0.25, 0.3) is 0 Å². The summed E-state index contributed by atoms with van der Waals surface area (Å²) in [5, 5.41) is 11.8. The molecule has 1 heterocycles. The van der Waals surface area contributed by atoms with Crippen LogP contribution in [0.3, 0.4) is 0 Å². The highest BCUT2D eigenvalue weighted by Crippen LogP contribution is 2.44. The van der Waals surface area contributed by atoms with Crippen LogP contribution in [-0.4, -0.2) is 53.7 Å². The van der Waals surface area contributed by atoms with Gasteiger partial charge in [0.05, 0.1) is 5.92 Å². The smallest absolute Gasteiger partial charge is 0.407 e. The third kappa shape index (κ3) is 4.90. The fourth-order valence-electron chi connectivity index (χ4n) is 5.89. The third-order valence-corrected chi connectivity index (χ3v) is 7.77. The van der Waals surface area contributed by atoms with Gasteiger partial charge in [-0.25, -0.2) is 4.79 Å². The van der Waals surface area contributed by atoms with Gasteiger partial charge >= 0.3 is 12.1 Å². The first-order valence-corrected chi connectivity index (χ1v) is 12.6. The normalized spacial score (nSPS) is 21.5. The molecular weight excluding hydrogens is 444 g/mol. The Morgan fingerprint density at radius 1 is 0.943 bits per heavy atom. The highest BCUT2D eigenvalue weighted by Gasteiger charge is 2.39. The molecule has 5 rings (SSSR count). The van der Waals surface area contributed by atoms with Crippen molar-refractivity contribution in [3.8, 4) is 11.1 Å². The zero-order valence-corrected chi connectivity index (χ0v) is 19.8. The molecule has 2 unspecified atom stereocenters. The molecule has 2 aromatic rings. The van der Waals surface area contributed by atoms with Gasteiger partial charge in [-0.1, -0.05) is 61.4 Å². The molecule has 7 heteroatoms. The van der Waals surface area contributed by atoms with E-state index in [2.05, 4.69) is 29.6 Å². The largest absolute Gasteiger partial charge is 0.481 e. The van der Waals surface area contributed by atoms with Crippen molar-refractivity contribution in [2.24, 2.45) is 11.8 Å². The van der Waals surface area contributed by atoms with Crippen molar-refractivity contribution in [2.75, 3.05) is 19.7 Å². The standard InChI is InChI=1S/C28H32N2O5/c31-26(32)14-13-18-15-30(16-18)27(33)23-11-5-6-12-25(23)29-28(34)35-17-24-21-9-3-1-7-19(21)20-8-2-4-10-22(20)24/h1-4,7-10,18,23-25H,5-6,11-17H2,(H,29,34)(H,31,32). The van der Waals surface area contributed by atoms with E-state index in [9.17, 15) is 14.4 Å². The minimum absolute atomic E-state index is 0.000702. The fraction of sp³-hybridized carbons (Fsp3) is 0.464. The Labute approximate surface area is 205 Å². The molecule has 0 bridgehead atoms. The number of carbonyl (C=O) groups excluding carboxylic acids is 2. The van der Waals surface area contributed by atoms with Gasteiger partial charge in [0.2, 0.25) is 5.91 Å². The van der Waals surface area contributed by atoms with Crippen molar-refractivity contribution in [1.29, 1.82) is 0 Å². The maximum Gasteiger partial charge on any atom is 0.407 e. The number of aliphatic carboxylic acids is 1. The Morgan fingerprint density at radius 3 is 2.23 bits per heavy atom. The SMILES string of the molecule is O=C(O)CCC1CN(C(=O)C2CCCCC2NC(=O)OCC2c3ccccc3-c3ccccc32)C1. The van der Waals surface area contributed by atoms with E-state index in [-0.39, 0.29) is 42.7 Å².